The number of methoxy groups -OCH3 is 1. The molecular weight excluding hydrogens is 254 g/mol. The quantitative estimate of drug-likeness (QED) is 0.560. The molecule has 2 N–H and O–H groups in total. The van der Waals surface area contributed by atoms with E-state index in [1.807, 2.05) is 6.07 Å². The van der Waals surface area contributed by atoms with Crippen LogP contribution < -0.4 is 10.5 Å². The second-order valence-corrected chi connectivity index (χ2v) is 6.17. The first-order chi connectivity index (χ1) is 9.29. The Morgan fingerprint density at radius 3 is 2.37 bits per heavy atom. The maximum Gasteiger partial charge on any atom is 0.134 e. The molecule has 1 aromatic heterocycles. The molecule has 0 fully saturated rings. The smallest absolute Gasteiger partial charge is 0.134 e. The van der Waals surface area contributed by atoms with E-state index >= 15 is 0 Å². The minimum absolute atomic E-state index is 0.148. The van der Waals surface area contributed by atoms with E-state index in [0.717, 1.165) is 12.2 Å². The lowest BCUT2D eigenvalue weighted by molar-refractivity contribution is 0.406. The Kier molecular flexibility index (Phi) is 8.93. The lowest BCUT2D eigenvalue weighted by atomic mass is 10.0. The molecule has 1 rings (SSSR count). The highest BCUT2D eigenvalue weighted by Gasteiger charge is 2.12. The van der Waals surface area contributed by atoms with E-state index in [1.54, 1.807) is 18.4 Å². The van der Waals surface area contributed by atoms with Crippen molar-refractivity contribution in [2.24, 2.45) is 5.73 Å². The lowest BCUT2D eigenvalue weighted by Crippen LogP contribution is -2.09. The van der Waals surface area contributed by atoms with Crippen molar-refractivity contribution in [3.05, 3.63) is 16.3 Å². The summed E-state index contributed by atoms with van der Waals surface area (Å²) >= 11 is 1.71. The van der Waals surface area contributed by atoms with Gasteiger partial charge in [0, 0.05) is 6.04 Å². The molecule has 1 heterocycles. The number of unbranched alkanes of at least 4 members (excludes halogenated alkanes) is 7. The molecule has 1 atom stereocenters. The second-order valence-electron chi connectivity index (χ2n) is 5.22. The number of hydrogen-bond acceptors (Lipinski definition) is 3. The van der Waals surface area contributed by atoms with Crippen LogP contribution in [-0.2, 0) is 0 Å². The molecule has 0 spiro atoms. The lowest BCUT2D eigenvalue weighted by Gasteiger charge is -2.11. The van der Waals surface area contributed by atoms with Crippen LogP contribution >= 0.6 is 11.3 Å². The van der Waals surface area contributed by atoms with Crippen LogP contribution in [0.4, 0.5) is 0 Å². The van der Waals surface area contributed by atoms with Crippen molar-refractivity contribution in [1.29, 1.82) is 0 Å². The Bertz CT molecular complexity index is 324. The van der Waals surface area contributed by atoms with Gasteiger partial charge in [0.15, 0.2) is 0 Å². The normalized spacial score (nSPS) is 12.6. The van der Waals surface area contributed by atoms with Crippen molar-refractivity contribution >= 4 is 11.3 Å². The average molecular weight is 283 g/mol. The minimum Gasteiger partial charge on any atom is -0.496 e. The van der Waals surface area contributed by atoms with Gasteiger partial charge in [0.1, 0.15) is 5.75 Å². The van der Waals surface area contributed by atoms with Gasteiger partial charge in [0.05, 0.1) is 12.0 Å². The molecule has 0 aliphatic rings. The van der Waals surface area contributed by atoms with E-state index in [-0.39, 0.29) is 6.04 Å². The zero-order valence-corrected chi connectivity index (χ0v) is 13.3. The van der Waals surface area contributed by atoms with Gasteiger partial charge in [-0.25, -0.2) is 0 Å². The summed E-state index contributed by atoms with van der Waals surface area (Å²) in [4.78, 5) is 1.20. The largest absolute Gasteiger partial charge is 0.496 e. The molecule has 19 heavy (non-hydrogen) atoms. The molecular formula is C16H29NOS. The number of rotatable bonds is 11. The SMILES string of the molecule is CCCCCCCCCCC(N)c1sccc1OC. The number of thiophene rings is 1. The minimum atomic E-state index is 0.148. The molecule has 0 bridgehead atoms. The molecule has 1 unspecified atom stereocenters. The summed E-state index contributed by atoms with van der Waals surface area (Å²) in [7, 11) is 1.72. The summed E-state index contributed by atoms with van der Waals surface area (Å²) < 4.78 is 5.32. The molecule has 3 heteroatoms. The highest BCUT2D eigenvalue weighted by molar-refractivity contribution is 7.10. The highest BCUT2D eigenvalue weighted by atomic mass is 32.1. The van der Waals surface area contributed by atoms with Gasteiger partial charge in [-0.2, -0.15) is 0 Å². The molecule has 0 saturated carbocycles. The maximum atomic E-state index is 6.23. The van der Waals surface area contributed by atoms with Gasteiger partial charge in [-0.1, -0.05) is 58.3 Å². The van der Waals surface area contributed by atoms with Crippen LogP contribution in [-0.4, -0.2) is 7.11 Å². The second kappa shape index (κ2) is 10.3. The molecule has 110 valence electrons. The molecule has 0 aliphatic heterocycles. The van der Waals surface area contributed by atoms with Crippen molar-refractivity contribution in [3.8, 4) is 5.75 Å². The molecule has 0 radical (unpaired) electrons. The Morgan fingerprint density at radius 2 is 1.74 bits per heavy atom. The van der Waals surface area contributed by atoms with E-state index < -0.39 is 0 Å². The molecule has 1 aromatic rings. The van der Waals surface area contributed by atoms with Crippen LogP contribution in [0.2, 0.25) is 0 Å². The topological polar surface area (TPSA) is 35.2 Å². The van der Waals surface area contributed by atoms with Crippen LogP contribution in [0, 0.1) is 0 Å². The maximum absolute atomic E-state index is 6.23. The first-order valence-corrected chi connectivity index (χ1v) is 8.54. The van der Waals surface area contributed by atoms with Crippen LogP contribution in [0.3, 0.4) is 0 Å². The van der Waals surface area contributed by atoms with Gasteiger partial charge in [0.2, 0.25) is 0 Å². The van der Waals surface area contributed by atoms with Gasteiger partial charge in [-0.05, 0) is 17.9 Å². The number of hydrogen-bond donors (Lipinski definition) is 1. The van der Waals surface area contributed by atoms with Crippen molar-refractivity contribution in [2.45, 2.75) is 70.8 Å². The third-order valence-corrected chi connectivity index (χ3v) is 4.61. The summed E-state index contributed by atoms with van der Waals surface area (Å²) in [5.74, 6) is 0.956. The van der Waals surface area contributed by atoms with E-state index in [2.05, 4.69) is 12.3 Å². The zero-order valence-electron chi connectivity index (χ0n) is 12.5. The molecule has 2 nitrogen and oxygen atoms in total. The van der Waals surface area contributed by atoms with Gasteiger partial charge < -0.3 is 10.5 Å². The molecule has 0 aromatic carbocycles. The molecule has 0 amide bonds. The first kappa shape index (κ1) is 16.5. The van der Waals surface area contributed by atoms with E-state index in [0.29, 0.717) is 0 Å². The Morgan fingerprint density at radius 1 is 1.11 bits per heavy atom. The predicted molar refractivity (Wildman–Crippen MR) is 85.0 cm³/mol. The van der Waals surface area contributed by atoms with Crippen LogP contribution in [0.25, 0.3) is 0 Å². The van der Waals surface area contributed by atoms with E-state index in [1.165, 1.54) is 56.2 Å². The summed E-state index contributed by atoms with van der Waals surface area (Å²) in [6.07, 6.45) is 11.9. The van der Waals surface area contributed by atoms with Gasteiger partial charge >= 0.3 is 0 Å². The van der Waals surface area contributed by atoms with Crippen LogP contribution in [0.15, 0.2) is 11.4 Å². The summed E-state index contributed by atoms with van der Waals surface area (Å²) in [6.45, 7) is 2.26. The van der Waals surface area contributed by atoms with E-state index in [4.69, 9.17) is 10.5 Å². The van der Waals surface area contributed by atoms with Gasteiger partial charge in [0.25, 0.3) is 0 Å². The van der Waals surface area contributed by atoms with Gasteiger partial charge in [-0.15, -0.1) is 11.3 Å². The van der Waals surface area contributed by atoms with Crippen molar-refractivity contribution in [1.82, 2.24) is 0 Å². The monoisotopic (exact) mass is 283 g/mol. The summed E-state index contributed by atoms with van der Waals surface area (Å²) in [5.41, 5.74) is 6.23. The number of ether oxygens (including phenoxy) is 1. The summed E-state index contributed by atoms with van der Waals surface area (Å²) in [6, 6.07) is 2.16. The fourth-order valence-electron chi connectivity index (χ4n) is 2.38. The first-order valence-electron chi connectivity index (χ1n) is 7.66. The fraction of sp³-hybridized carbons (Fsp3) is 0.750. The highest BCUT2D eigenvalue weighted by Crippen LogP contribution is 2.32. The third-order valence-electron chi connectivity index (χ3n) is 3.58. The van der Waals surface area contributed by atoms with Crippen molar-refractivity contribution in [3.63, 3.8) is 0 Å². The summed E-state index contributed by atoms with van der Waals surface area (Å²) in [5, 5.41) is 2.06. The predicted octanol–water partition coefficient (Wildman–Crippen LogP) is 5.29. The molecule has 0 saturated heterocycles. The zero-order chi connectivity index (χ0) is 13.9. The average Bonchev–Trinajstić information content (AvgIpc) is 2.90. The third kappa shape index (κ3) is 6.44. The van der Waals surface area contributed by atoms with Gasteiger partial charge in [-0.3, -0.25) is 0 Å². The Hall–Kier alpha value is -0.540. The number of nitrogens with two attached hydrogens (primary N) is 1. The van der Waals surface area contributed by atoms with Crippen molar-refractivity contribution < 1.29 is 4.74 Å². The Labute approximate surface area is 122 Å². The fourth-order valence-corrected chi connectivity index (χ4v) is 3.28. The standard InChI is InChI=1S/C16H29NOS/c1-3-4-5-6-7-8-9-10-11-14(17)16-15(18-2)12-13-19-16/h12-14H,3-11,17H2,1-2H3. The van der Waals surface area contributed by atoms with Crippen LogP contribution in [0.5, 0.6) is 5.75 Å². The Balaban J connectivity index is 2.06. The molecule has 0 aliphatic carbocycles. The van der Waals surface area contributed by atoms with Crippen molar-refractivity contribution in [2.75, 3.05) is 7.11 Å². The van der Waals surface area contributed by atoms with Crippen LogP contribution in [0.1, 0.15) is 75.6 Å². The van der Waals surface area contributed by atoms with E-state index in [9.17, 15) is 0 Å².